The van der Waals surface area contributed by atoms with E-state index in [0.717, 1.165) is 17.5 Å². The number of anilines is 1. The Labute approximate surface area is 127 Å². The van der Waals surface area contributed by atoms with Gasteiger partial charge >= 0.3 is 6.61 Å². The zero-order chi connectivity index (χ0) is 14.7. The zero-order valence-corrected chi connectivity index (χ0v) is 12.5. The summed E-state index contributed by atoms with van der Waals surface area (Å²) in [4.78, 5) is 4.61. The topological polar surface area (TPSA) is 33.6 Å². The number of alkyl halides is 2. The van der Waals surface area contributed by atoms with Gasteiger partial charge in [-0.2, -0.15) is 8.78 Å². The van der Waals surface area contributed by atoms with E-state index in [-0.39, 0.29) is 5.75 Å². The molecule has 1 aliphatic carbocycles. The van der Waals surface area contributed by atoms with Crippen LogP contribution in [0.4, 0.5) is 14.5 Å². The third-order valence-corrected chi connectivity index (χ3v) is 5.34. The summed E-state index contributed by atoms with van der Waals surface area (Å²) in [5.74, 6) is 1.20. The fourth-order valence-electron chi connectivity index (χ4n) is 2.94. The lowest BCUT2D eigenvalue weighted by Gasteiger charge is -2.31. The molecule has 1 fully saturated rings. The summed E-state index contributed by atoms with van der Waals surface area (Å²) in [7, 11) is 0. The van der Waals surface area contributed by atoms with Gasteiger partial charge in [-0.3, -0.25) is 4.99 Å². The van der Waals surface area contributed by atoms with E-state index in [9.17, 15) is 8.78 Å². The van der Waals surface area contributed by atoms with Crippen LogP contribution in [0.2, 0.25) is 0 Å². The summed E-state index contributed by atoms with van der Waals surface area (Å²) in [5.41, 5.74) is 0.904. The molecule has 21 heavy (non-hydrogen) atoms. The lowest BCUT2D eigenvalue weighted by atomic mass is 9.89. The molecule has 0 bridgehead atoms. The molecule has 0 radical (unpaired) electrons. The predicted octanol–water partition coefficient (Wildman–Crippen LogP) is 4.36. The van der Waals surface area contributed by atoms with Crippen molar-refractivity contribution in [1.82, 2.24) is 0 Å². The smallest absolute Gasteiger partial charge is 0.387 e. The Morgan fingerprint density at radius 2 is 2.00 bits per heavy atom. The second-order valence-corrected chi connectivity index (χ2v) is 6.58. The van der Waals surface area contributed by atoms with E-state index in [1.165, 1.54) is 31.7 Å². The van der Waals surface area contributed by atoms with Crippen LogP contribution in [-0.4, -0.2) is 24.1 Å². The van der Waals surface area contributed by atoms with Crippen LogP contribution in [0.15, 0.2) is 29.3 Å². The molecule has 0 saturated heterocycles. The van der Waals surface area contributed by atoms with Crippen molar-refractivity contribution in [2.24, 2.45) is 10.4 Å². The van der Waals surface area contributed by atoms with Crippen molar-refractivity contribution in [2.45, 2.75) is 32.3 Å². The second-order valence-electron chi connectivity index (χ2n) is 5.62. The molecule has 114 valence electrons. The van der Waals surface area contributed by atoms with Gasteiger partial charge in [0.1, 0.15) is 5.75 Å². The number of thioether (sulfide) groups is 1. The number of aliphatic imine (C=N–C) groups is 1. The maximum absolute atomic E-state index is 12.4. The number of rotatable bonds is 3. The van der Waals surface area contributed by atoms with E-state index in [0.29, 0.717) is 11.1 Å². The first kappa shape index (κ1) is 14.6. The van der Waals surface area contributed by atoms with Crippen molar-refractivity contribution in [3.63, 3.8) is 0 Å². The SMILES string of the molecule is FC(F)Oc1ccccc1NC1=NCC2(CCCC2)CS1. The number of hydrogen-bond donors (Lipinski definition) is 1. The first-order chi connectivity index (χ1) is 10.2. The molecule has 0 atom stereocenters. The predicted molar refractivity (Wildman–Crippen MR) is 82.4 cm³/mol. The molecule has 1 aromatic carbocycles. The molecule has 1 saturated carbocycles. The minimum absolute atomic E-state index is 0.150. The molecule has 1 aliphatic heterocycles. The molecule has 0 amide bonds. The molecular weight excluding hydrogens is 294 g/mol. The third-order valence-electron chi connectivity index (χ3n) is 4.08. The van der Waals surface area contributed by atoms with Crippen molar-refractivity contribution in [3.8, 4) is 5.75 Å². The van der Waals surface area contributed by atoms with E-state index < -0.39 is 6.61 Å². The fraction of sp³-hybridized carbons (Fsp3) is 0.533. The van der Waals surface area contributed by atoms with Crippen molar-refractivity contribution in [2.75, 3.05) is 17.6 Å². The highest BCUT2D eigenvalue weighted by Gasteiger charge is 2.36. The lowest BCUT2D eigenvalue weighted by Crippen LogP contribution is -2.30. The first-order valence-electron chi connectivity index (χ1n) is 7.15. The van der Waals surface area contributed by atoms with Gasteiger partial charge in [0.25, 0.3) is 0 Å². The highest BCUT2D eigenvalue weighted by Crippen LogP contribution is 2.43. The van der Waals surface area contributed by atoms with Crippen LogP contribution >= 0.6 is 11.8 Å². The van der Waals surface area contributed by atoms with Crippen molar-refractivity contribution >= 4 is 22.6 Å². The molecule has 1 N–H and O–H groups in total. The van der Waals surface area contributed by atoms with Gasteiger partial charge in [-0.05, 0) is 30.4 Å². The van der Waals surface area contributed by atoms with E-state index in [1.807, 2.05) is 0 Å². The molecule has 3 rings (SSSR count). The molecule has 1 spiro atoms. The van der Waals surface area contributed by atoms with E-state index in [2.05, 4.69) is 15.0 Å². The Hall–Kier alpha value is -1.30. The quantitative estimate of drug-likeness (QED) is 0.900. The maximum atomic E-state index is 12.4. The highest BCUT2D eigenvalue weighted by atomic mass is 32.2. The number of para-hydroxylation sites is 2. The van der Waals surface area contributed by atoms with Crippen molar-refractivity contribution in [3.05, 3.63) is 24.3 Å². The van der Waals surface area contributed by atoms with Crippen LogP contribution < -0.4 is 10.1 Å². The Morgan fingerprint density at radius 3 is 2.67 bits per heavy atom. The number of halogens is 2. The Kier molecular flexibility index (Phi) is 4.33. The van der Waals surface area contributed by atoms with Gasteiger partial charge < -0.3 is 10.1 Å². The standard InChI is InChI=1S/C15H18F2N2OS/c16-13(17)20-12-6-2-1-5-11(12)19-14-18-9-15(10-21-14)7-3-4-8-15/h1-2,5-6,13H,3-4,7-10H2,(H,18,19). The zero-order valence-electron chi connectivity index (χ0n) is 11.6. The summed E-state index contributed by atoms with van der Waals surface area (Å²) in [6.45, 7) is -1.99. The normalized spacial score (nSPS) is 20.6. The minimum atomic E-state index is -2.82. The van der Waals surface area contributed by atoms with Gasteiger partial charge in [-0.15, -0.1) is 0 Å². The van der Waals surface area contributed by atoms with Gasteiger partial charge in [-0.25, -0.2) is 0 Å². The van der Waals surface area contributed by atoms with E-state index in [4.69, 9.17) is 0 Å². The van der Waals surface area contributed by atoms with Gasteiger partial charge in [-0.1, -0.05) is 36.7 Å². The number of ether oxygens (including phenoxy) is 1. The molecule has 0 unspecified atom stereocenters. The summed E-state index contributed by atoms with van der Waals surface area (Å²) in [5, 5.41) is 3.91. The van der Waals surface area contributed by atoms with Crippen molar-refractivity contribution < 1.29 is 13.5 Å². The average Bonchev–Trinajstić information content (AvgIpc) is 2.92. The second kappa shape index (κ2) is 6.22. The average molecular weight is 312 g/mol. The van der Waals surface area contributed by atoms with Crippen LogP contribution in [0.25, 0.3) is 0 Å². The van der Waals surface area contributed by atoms with Gasteiger partial charge in [0.2, 0.25) is 0 Å². The molecule has 3 nitrogen and oxygen atoms in total. The molecule has 0 aromatic heterocycles. The summed E-state index contributed by atoms with van der Waals surface area (Å²) in [6, 6.07) is 6.71. The number of nitrogens with zero attached hydrogens (tertiary/aromatic N) is 1. The number of benzene rings is 1. The summed E-state index contributed by atoms with van der Waals surface area (Å²) >= 11 is 1.68. The Morgan fingerprint density at radius 1 is 1.24 bits per heavy atom. The van der Waals surface area contributed by atoms with Crippen LogP contribution in [0.5, 0.6) is 5.75 Å². The number of hydrogen-bond acceptors (Lipinski definition) is 4. The van der Waals surface area contributed by atoms with Crippen LogP contribution in [0.1, 0.15) is 25.7 Å². The van der Waals surface area contributed by atoms with Gasteiger partial charge in [0.15, 0.2) is 5.17 Å². The maximum Gasteiger partial charge on any atom is 0.387 e. The molecule has 1 heterocycles. The summed E-state index contributed by atoms with van der Waals surface area (Å²) < 4.78 is 29.3. The highest BCUT2D eigenvalue weighted by molar-refractivity contribution is 8.14. The number of amidine groups is 1. The Bertz CT molecular complexity index is 530. The monoisotopic (exact) mass is 312 g/mol. The van der Waals surface area contributed by atoms with Crippen LogP contribution in [0.3, 0.4) is 0 Å². The molecule has 1 aromatic rings. The van der Waals surface area contributed by atoms with Gasteiger partial charge in [0, 0.05) is 12.3 Å². The fourth-order valence-corrected chi connectivity index (χ4v) is 4.10. The van der Waals surface area contributed by atoms with E-state index >= 15 is 0 Å². The first-order valence-corrected chi connectivity index (χ1v) is 8.14. The largest absolute Gasteiger partial charge is 0.433 e. The Balaban J connectivity index is 1.68. The minimum Gasteiger partial charge on any atom is -0.433 e. The van der Waals surface area contributed by atoms with Gasteiger partial charge in [0.05, 0.1) is 5.69 Å². The van der Waals surface area contributed by atoms with Crippen molar-refractivity contribution in [1.29, 1.82) is 0 Å². The molecule has 6 heteroatoms. The summed E-state index contributed by atoms with van der Waals surface area (Å²) in [6.07, 6.45) is 5.09. The third kappa shape index (κ3) is 3.48. The molecule has 2 aliphatic rings. The van der Waals surface area contributed by atoms with Crippen LogP contribution in [0, 0.1) is 5.41 Å². The lowest BCUT2D eigenvalue weighted by molar-refractivity contribution is -0.0493. The molecular formula is C15H18F2N2OS. The van der Waals surface area contributed by atoms with Crippen LogP contribution in [-0.2, 0) is 0 Å². The number of nitrogens with one attached hydrogen (secondary N) is 1. The van der Waals surface area contributed by atoms with E-state index in [1.54, 1.807) is 30.0 Å².